The minimum Gasteiger partial charge on any atom is -0.314 e. The molecular formula is C15H28N2. The summed E-state index contributed by atoms with van der Waals surface area (Å²) in [6, 6.07) is 1.80. The second kappa shape index (κ2) is 5.71. The molecule has 0 aromatic heterocycles. The Morgan fingerprint density at radius 2 is 1.53 bits per heavy atom. The smallest absolute Gasteiger partial charge is 0.0252 e. The van der Waals surface area contributed by atoms with Crippen LogP contribution in [0.3, 0.4) is 0 Å². The van der Waals surface area contributed by atoms with Crippen molar-refractivity contribution in [3.8, 4) is 0 Å². The molecule has 1 unspecified atom stereocenters. The first kappa shape index (κ1) is 12.0. The summed E-state index contributed by atoms with van der Waals surface area (Å²) in [7, 11) is 0. The lowest BCUT2D eigenvalue weighted by molar-refractivity contribution is 0.0555. The Labute approximate surface area is 106 Å². The van der Waals surface area contributed by atoms with Crippen LogP contribution in [0.25, 0.3) is 0 Å². The van der Waals surface area contributed by atoms with E-state index < -0.39 is 0 Å². The lowest BCUT2D eigenvalue weighted by Crippen LogP contribution is -2.57. The highest BCUT2D eigenvalue weighted by Gasteiger charge is 2.35. The molecule has 1 N–H and O–H groups in total. The lowest BCUT2D eigenvalue weighted by Gasteiger charge is -2.45. The Hall–Kier alpha value is -0.0800. The van der Waals surface area contributed by atoms with Crippen molar-refractivity contribution in [1.82, 2.24) is 10.2 Å². The highest BCUT2D eigenvalue weighted by atomic mass is 15.2. The van der Waals surface area contributed by atoms with E-state index >= 15 is 0 Å². The Bertz CT molecular complexity index is 229. The Morgan fingerprint density at radius 1 is 0.824 bits per heavy atom. The molecule has 2 aliphatic carbocycles. The number of rotatable bonds is 2. The molecule has 0 bridgehead atoms. The molecule has 1 atom stereocenters. The van der Waals surface area contributed by atoms with Crippen LogP contribution in [0.5, 0.6) is 0 Å². The van der Waals surface area contributed by atoms with Gasteiger partial charge in [-0.05, 0) is 31.6 Å². The van der Waals surface area contributed by atoms with E-state index in [0.717, 1.165) is 18.0 Å². The van der Waals surface area contributed by atoms with Crippen molar-refractivity contribution >= 4 is 0 Å². The van der Waals surface area contributed by atoms with Gasteiger partial charge in [-0.1, -0.05) is 32.1 Å². The summed E-state index contributed by atoms with van der Waals surface area (Å²) in [5, 5.41) is 3.64. The second-order valence-corrected chi connectivity index (χ2v) is 6.35. The lowest BCUT2D eigenvalue weighted by atomic mass is 9.82. The van der Waals surface area contributed by atoms with Crippen LogP contribution < -0.4 is 5.32 Å². The van der Waals surface area contributed by atoms with E-state index in [1.165, 1.54) is 77.4 Å². The van der Waals surface area contributed by atoms with E-state index in [9.17, 15) is 0 Å². The van der Waals surface area contributed by atoms with Crippen molar-refractivity contribution in [2.45, 2.75) is 69.9 Å². The summed E-state index contributed by atoms with van der Waals surface area (Å²) in [6.07, 6.45) is 13.4. The molecule has 3 aliphatic rings. The van der Waals surface area contributed by atoms with Crippen molar-refractivity contribution < 1.29 is 0 Å². The molecule has 1 aliphatic heterocycles. The van der Waals surface area contributed by atoms with Gasteiger partial charge in [0.25, 0.3) is 0 Å². The molecule has 2 heteroatoms. The quantitative estimate of drug-likeness (QED) is 0.793. The molecule has 0 aromatic rings. The summed E-state index contributed by atoms with van der Waals surface area (Å²) >= 11 is 0. The molecule has 2 saturated carbocycles. The molecule has 1 heterocycles. The van der Waals surface area contributed by atoms with Gasteiger partial charge in [0.05, 0.1) is 0 Å². The van der Waals surface area contributed by atoms with Gasteiger partial charge in [0.2, 0.25) is 0 Å². The minimum atomic E-state index is 0.868. The minimum absolute atomic E-state index is 0.868. The third-order valence-electron chi connectivity index (χ3n) is 5.31. The summed E-state index contributed by atoms with van der Waals surface area (Å²) in [5.74, 6) is 0.997. The van der Waals surface area contributed by atoms with Crippen molar-refractivity contribution in [3.63, 3.8) is 0 Å². The zero-order valence-electron chi connectivity index (χ0n) is 11.2. The summed E-state index contributed by atoms with van der Waals surface area (Å²) in [4.78, 5) is 2.90. The van der Waals surface area contributed by atoms with Crippen LogP contribution >= 0.6 is 0 Å². The highest BCUT2D eigenvalue weighted by Crippen LogP contribution is 2.33. The van der Waals surface area contributed by atoms with E-state index in [2.05, 4.69) is 10.2 Å². The molecular weight excluding hydrogens is 208 g/mol. The molecule has 3 fully saturated rings. The van der Waals surface area contributed by atoms with Gasteiger partial charge in [0.15, 0.2) is 0 Å². The average molecular weight is 236 g/mol. The van der Waals surface area contributed by atoms with Gasteiger partial charge in [0, 0.05) is 31.7 Å². The van der Waals surface area contributed by atoms with Gasteiger partial charge in [-0.3, -0.25) is 4.90 Å². The number of nitrogens with zero attached hydrogens (tertiary/aromatic N) is 1. The van der Waals surface area contributed by atoms with Crippen molar-refractivity contribution in [2.75, 3.05) is 19.6 Å². The number of nitrogens with one attached hydrogen (secondary N) is 1. The Balaban J connectivity index is 1.65. The average Bonchev–Trinajstić information content (AvgIpc) is 2.94. The van der Waals surface area contributed by atoms with Crippen molar-refractivity contribution in [3.05, 3.63) is 0 Å². The highest BCUT2D eigenvalue weighted by molar-refractivity contribution is 4.91. The number of piperazine rings is 1. The predicted molar refractivity (Wildman–Crippen MR) is 72.2 cm³/mol. The summed E-state index contributed by atoms with van der Waals surface area (Å²) in [6.45, 7) is 3.80. The van der Waals surface area contributed by atoms with E-state index in [0.29, 0.717) is 0 Å². The summed E-state index contributed by atoms with van der Waals surface area (Å²) < 4.78 is 0. The van der Waals surface area contributed by atoms with Crippen LogP contribution in [0.4, 0.5) is 0 Å². The number of hydrogen-bond donors (Lipinski definition) is 1. The monoisotopic (exact) mass is 236 g/mol. The largest absolute Gasteiger partial charge is 0.314 e. The fourth-order valence-corrected chi connectivity index (χ4v) is 4.39. The van der Waals surface area contributed by atoms with Crippen LogP contribution in [0.2, 0.25) is 0 Å². The van der Waals surface area contributed by atoms with Crippen LogP contribution in [0.15, 0.2) is 0 Å². The van der Waals surface area contributed by atoms with Gasteiger partial charge < -0.3 is 5.32 Å². The maximum Gasteiger partial charge on any atom is 0.0252 e. The van der Waals surface area contributed by atoms with Gasteiger partial charge >= 0.3 is 0 Å². The fourth-order valence-electron chi connectivity index (χ4n) is 4.39. The molecule has 0 spiro atoms. The van der Waals surface area contributed by atoms with E-state index in [1.54, 1.807) is 0 Å². The van der Waals surface area contributed by atoms with Crippen LogP contribution in [0, 0.1) is 5.92 Å². The molecule has 2 nitrogen and oxygen atoms in total. The van der Waals surface area contributed by atoms with E-state index in [4.69, 9.17) is 0 Å². The van der Waals surface area contributed by atoms with Crippen LogP contribution in [-0.2, 0) is 0 Å². The maximum absolute atomic E-state index is 3.64. The molecule has 0 radical (unpaired) electrons. The summed E-state index contributed by atoms with van der Waals surface area (Å²) in [5.41, 5.74) is 0. The van der Waals surface area contributed by atoms with E-state index in [-0.39, 0.29) is 0 Å². The van der Waals surface area contributed by atoms with Gasteiger partial charge in [-0.15, -0.1) is 0 Å². The molecule has 17 heavy (non-hydrogen) atoms. The maximum atomic E-state index is 3.64. The SMILES string of the molecule is C1CCC(C2CNCCN2C2CCCC2)CC1. The molecule has 0 amide bonds. The Morgan fingerprint density at radius 3 is 2.29 bits per heavy atom. The topological polar surface area (TPSA) is 15.3 Å². The standard InChI is InChI=1S/C15H28N2/c1-2-6-13(7-3-1)15-12-16-10-11-17(15)14-8-4-5-9-14/h13-16H,1-12H2. The zero-order chi connectivity index (χ0) is 11.5. The molecule has 3 rings (SSSR count). The third-order valence-corrected chi connectivity index (χ3v) is 5.31. The predicted octanol–water partition coefficient (Wildman–Crippen LogP) is 2.78. The second-order valence-electron chi connectivity index (χ2n) is 6.35. The van der Waals surface area contributed by atoms with Crippen molar-refractivity contribution in [2.24, 2.45) is 5.92 Å². The normalized spacial score (nSPS) is 34.2. The first-order chi connectivity index (χ1) is 8.45. The fraction of sp³-hybridized carbons (Fsp3) is 1.00. The molecule has 0 aromatic carbocycles. The zero-order valence-corrected chi connectivity index (χ0v) is 11.2. The first-order valence-electron chi connectivity index (χ1n) is 7.91. The van der Waals surface area contributed by atoms with Crippen molar-refractivity contribution in [1.29, 1.82) is 0 Å². The third kappa shape index (κ3) is 2.68. The van der Waals surface area contributed by atoms with Crippen LogP contribution in [0.1, 0.15) is 57.8 Å². The Kier molecular flexibility index (Phi) is 4.02. The van der Waals surface area contributed by atoms with Crippen LogP contribution in [-0.4, -0.2) is 36.6 Å². The van der Waals surface area contributed by atoms with Gasteiger partial charge in [-0.25, -0.2) is 0 Å². The number of hydrogen-bond acceptors (Lipinski definition) is 2. The first-order valence-corrected chi connectivity index (χ1v) is 7.91. The van der Waals surface area contributed by atoms with E-state index in [1.807, 2.05) is 0 Å². The molecule has 1 saturated heterocycles. The van der Waals surface area contributed by atoms with Gasteiger partial charge in [0.1, 0.15) is 0 Å². The molecule has 98 valence electrons. The van der Waals surface area contributed by atoms with Gasteiger partial charge in [-0.2, -0.15) is 0 Å².